The largest absolute Gasteiger partial charge is 0.508 e. The third-order valence-corrected chi connectivity index (χ3v) is 3.99. The summed E-state index contributed by atoms with van der Waals surface area (Å²) < 4.78 is 20.8. The van der Waals surface area contributed by atoms with Crippen LogP contribution in [-0.2, 0) is 4.79 Å². The van der Waals surface area contributed by atoms with Gasteiger partial charge in [-0.25, -0.2) is 0 Å². The summed E-state index contributed by atoms with van der Waals surface area (Å²) in [6.45, 7) is 0. The van der Waals surface area contributed by atoms with E-state index < -0.39 is 0 Å². The third-order valence-electron chi connectivity index (χ3n) is 3.99. The Morgan fingerprint density at radius 1 is 0.724 bits per heavy atom. The summed E-state index contributed by atoms with van der Waals surface area (Å²) in [6.07, 6.45) is 7.23. The van der Waals surface area contributed by atoms with E-state index in [0.29, 0.717) is 23.0 Å². The Balaban J connectivity index is 2.06. The first-order chi connectivity index (χ1) is 14.0. The van der Waals surface area contributed by atoms with Gasteiger partial charge in [-0.1, -0.05) is 24.3 Å². The minimum Gasteiger partial charge on any atom is -0.508 e. The molecule has 0 bridgehead atoms. The maximum atomic E-state index is 12.1. The molecule has 0 heterocycles. The second-order valence-corrected chi connectivity index (χ2v) is 5.87. The maximum Gasteiger partial charge on any atom is 0.182 e. The van der Waals surface area contributed by atoms with Crippen LogP contribution in [0.1, 0.15) is 11.1 Å². The van der Waals surface area contributed by atoms with Crippen molar-refractivity contribution in [3.05, 3.63) is 71.5 Å². The van der Waals surface area contributed by atoms with Gasteiger partial charge in [0.1, 0.15) is 5.76 Å². The van der Waals surface area contributed by atoms with Crippen LogP contribution >= 0.6 is 0 Å². The zero-order valence-electron chi connectivity index (χ0n) is 16.8. The number of ketones is 1. The first-order valence-corrected chi connectivity index (χ1v) is 8.75. The average molecular weight is 396 g/mol. The lowest BCUT2D eigenvalue weighted by atomic mass is 10.1. The van der Waals surface area contributed by atoms with Gasteiger partial charge in [0.05, 0.1) is 28.4 Å². The smallest absolute Gasteiger partial charge is 0.182 e. The summed E-state index contributed by atoms with van der Waals surface area (Å²) in [6, 6.07) is 10.6. The van der Waals surface area contributed by atoms with Gasteiger partial charge < -0.3 is 24.1 Å². The van der Waals surface area contributed by atoms with Crippen LogP contribution in [0.3, 0.4) is 0 Å². The number of rotatable bonds is 9. The van der Waals surface area contributed by atoms with Crippen molar-refractivity contribution in [3.63, 3.8) is 0 Å². The van der Waals surface area contributed by atoms with E-state index in [1.54, 1.807) is 70.9 Å². The first kappa shape index (κ1) is 21.6. The summed E-state index contributed by atoms with van der Waals surface area (Å²) in [5.74, 6) is 1.84. The van der Waals surface area contributed by atoms with Crippen LogP contribution in [0.5, 0.6) is 23.0 Å². The minimum absolute atomic E-state index is 0.165. The highest BCUT2D eigenvalue weighted by molar-refractivity contribution is 6.02. The van der Waals surface area contributed by atoms with Crippen molar-refractivity contribution in [1.29, 1.82) is 0 Å². The topological polar surface area (TPSA) is 74.2 Å². The van der Waals surface area contributed by atoms with Gasteiger partial charge in [-0.2, -0.15) is 0 Å². The lowest BCUT2D eigenvalue weighted by Gasteiger charge is -2.07. The van der Waals surface area contributed by atoms with Crippen LogP contribution in [0, 0.1) is 0 Å². The average Bonchev–Trinajstić information content (AvgIpc) is 2.75. The molecular formula is C23H24O6. The van der Waals surface area contributed by atoms with Gasteiger partial charge in [0.25, 0.3) is 0 Å². The lowest BCUT2D eigenvalue weighted by Crippen LogP contribution is -1.91. The number of benzene rings is 2. The molecule has 0 saturated carbocycles. The van der Waals surface area contributed by atoms with Gasteiger partial charge >= 0.3 is 0 Å². The molecule has 152 valence electrons. The van der Waals surface area contributed by atoms with Gasteiger partial charge in [0, 0.05) is 6.08 Å². The highest BCUT2D eigenvalue weighted by atomic mass is 16.5. The summed E-state index contributed by atoms with van der Waals surface area (Å²) in [5.41, 5.74) is 1.56. The van der Waals surface area contributed by atoms with Gasteiger partial charge in [-0.15, -0.1) is 0 Å². The van der Waals surface area contributed by atoms with Crippen molar-refractivity contribution in [1.82, 2.24) is 0 Å². The Morgan fingerprint density at radius 3 is 1.62 bits per heavy atom. The number of carbonyl (C=O) groups excluding carboxylic acids is 1. The number of aliphatic hydroxyl groups excluding tert-OH is 1. The van der Waals surface area contributed by atoms with Crippen LogP contribution in [0.4, 0.5) is 0 Å². The Morgan fingerprint density at radius 2 is 1.17 bits per heavy atom. The van der Waals surface area contributed by atoms with Crippen molar-refractivity contribution in [2.45, 2.75) is 0 Å². The number of ether oxygens (including phenoxy) is 4. The molecule has 29 heavy (non-hydrogen) atoms. The van der Waals surface area contributed by atoms with Crippen molar-refractivity contribution in [2.24, 2.45) is 0 Å². The zero-order chi connectivity index (χ0) is 21.2. The summed E-state index contributed by atoms with van der Waals surface area (Å²) >= 11 is 0. The zero-order valence-corrected chi connectivity index (χ0v) is 16.8. The van der Waals surface area contributed by atoms with Crippen LogP contribution in [0.2, 0.25) is 0 Å². The molecular weight excluding hydrogens is 372 g/mol. The van der Waals surface area contributed by atoms with Gasteiger partial charge in [0.2, 0.25) is 0 Å². The van der Waals surface area contributed by atoms with Gasteiger partial charge in [-0.05, 0) is 47.5 Å². The predicted molar refractivity (Wildman–Crippen MR) is 113 cm³/mol. The number of hydrogen-bond acceptors (Lipinski definition) is 6. The molecule has 2 rings (SSSR count). The summed E-state index contributed by atoms with van der Waals surface area (Å²) in [5, 5.41) is 9.98. The Kier molecular flexibility index (Phi) is 7.91. The molecule has 2 aromatic carbocycles. The Bertz CT molecular complexity index is 940. The fourth-order valence-corrected chi connectivity index (χ4v) is 2.51. The van der Waals surface area contributed by atoms with E-state index >= 15 is 0 Å². The lowest BCUT2D eigenvalue weighted by molar-refractivity contribution is -0.110. The van der Waals surface area contributed by atoms with Crippen LogP contribution in [0.25, 0.3) is 12.2 Å². The fourth-order valence-electron chi connectivity index (χ4n) is 2.51. The van der Waals surface area contributed by atoms with Crippen LogP contribution < -0.4 is 18.9 Å². The standard InChI is InChI=1S/C23H24O6/c1-26-20-11-7-16(13-22(20)28-3)5-9-18(24)15-19(25)10-6-17-8-12-21(27-2)23(14-17)29-4/h5-15,24H,1-4H3/b9-5?,10-6+,18-15?. The molecule has 0 aliphatic rings. The molecule has 6 nitrogen and oxygen atoms in total. The molecule has 6 heteroatoms. The summed E-state index contributed by atoms with van der Waals surface area (Å²) in [4.78, 5) is 12.1. The molecule has 0 amide bonds. The second kappa shape index (κ2) is 10.6. The molecule has 0 aliphatic carbocycles. The highest BCUT2D eigenvalue weighted by Crippen LogP contribution is 2.29. The van der Waals surface area contributed by atoms with E-state index in [2.05, 4.69) is 0 Å². The number of hydrogen-bond donors (Lipinski definition) is 1. The van der Waals surface area contributed by atoms with E-state index in [9.17, 15) is 9.90 Å². The molecule has 0 saturated heterocycles. The van der Waals surface area contributed by atoms with Crippen molar-refractivity contribution in [3.8, 4) is 23.0 Å². The third kappa shape index (κ3) is 6.17. The molecule has 0 aliphatic heterocycles. The monoisotopic (exact) mass is 396 g/mol. The first-order valence-electron chi connectivity index (χ1n) is 8.75. The SMILES string of the molecule is COc1ccc(C=CC(O)=CC(=O)/C=C/c2ccc(OC)c(OC)c2)cc1OC. The summed E-state index contributed by atoms with van der Waals surface area (Å²) in [7, 11) is 6.21. The number of methoxy groups -OCH3 is 4. The quantitative estimate of drug-likeness (QED) is 0.383. The molecule has 0 unspecified atom stereocenters. The van der Waals surface area contributed by atoms with E-state index in [0.717, 1.165) is 17.2 Å². The normalized spacial score (nSPS) is 11.7. The van der Waals surface area contributed by atoms with Gasteiger partial charge in [-0.3, -0.25) is 4.79 Å². The van der Waals surface area contributed by atoms with Gasteiger partial charge in [0.15, 0.2) is 28.8 Å². The van der Waals surface area contributed by atoms with E-state index in [-0.39, 0.29) is 11.5 Å². The Hall–Kier alpha value is -3.67. The molecule has 0 aromatic heterocycles. The molecule has 0 atom stereocenters. The van der Waals surface area contributed by atoms with Crippen molar-refractivity contribution < 1.29 is 28.8 Å². The molecule has 0 spiro atoms. The molecule has 0 radical (unpaired) electrons. The van der Waals surface area contributed by atoms with E-state index in [4.69, 9.17) is 18.9 Å². The minimum atomic E-state index is -0.353. The highest BCUT2D eigenvalue weighted by Gasteiger charge is 2.04. The van der Waals surface area contributed by atoms with E-state index in [1.165, 1.54) is 12.2 Å². The molecule has 0 fully saturated rings. The molecule has 2 aromatic rings. The van der Waals surface area contributed by atoms with Crippen LogP contribution in [0.15, 0.2) is 60.4 Å². The Labute approximate surface area is 170 Å². The number of aliphatic hydroxyl groups is 1. The van der Waals surface area contributed by atoms with Crippen molar-refractivity contribution in [2.75, 3.05) is 28.4 Å². The second-order valence-electron chi connectivity index (χ2n) is 5.87. The number of carbonyl (C=O) groups is 1. The van der Waals surface area contributed by atoms with Crippen LogP contribution in [-0.4, -0.2) is 39.3 Å². The number of allylic oxidation sites excluding steroid dienone is 3. The van der Waals surface area contributed by atoms with E-state index in [1.807, 2.05) is 6.07 Å². The molecule has 1 N–H and O–H groups in total. The van der Waals surface area contributed by atoms with Crippen molar-refractivity contribution >= 4 is 17.9 Å². The fraction of sp³-hybridized carbons (Fsp3) is 0.174. The maximum absolute atomic E-state index is 12.1. The predicted octanol–water partition coefficient (Wildman–Crippen LogP) is 4.46.